The zero-order valence-corrected chi connectivity index (χ0v) is 36.2. The Bertz CT molecular complexity index is 2250. The smallest absolute Gasteiger partial charge is 0.331 e. The molecule has 13 nitrogen and oxygen atoms in total. The van der Waals surface area contributed by atoms with E-state index in [1.807, 2.05) is 23.1 Å². The van der Waals surface area contributed by atoms with Crippen LogP contribution in [0.3, 0.4) is 0 Å². The number of Topliss-reactive ketones (excluding diaryl/α,β-unsaturated/α-hetero) is 1. The van der Waals surface area contributed by atoms with Gasteiger partial charge in [-0.15, -0.1) is 0 Å². The Hall–Kier alpha value is -4.92. The number of hydrogen-bond donors (Lipinski definition) is 1. The molecule has 4 aliphatic rings. The molecule has 1 saturated carbocycles. The second kappa shape index (κ2) is 17.5. The number of para-hydroxylation sites is 1. The molecular weight excluding hydrogens is 808 g/mol. The number of aromatic nitrogens is 2. The van der Waals surface area contributed by atoms with E-state index in [1.165, 1.54) is 11.0 Å². The van der Waals surface area contributed by atoms with Gasteiger partial charge < -0.3 is 15.1 Å². The van der Waals surface area contributed by atoms with Crippen molar-refractivity contribution in [3.05, 3.63) is 47.5 Å². The molecule has 0 unspecified atom stereocenters. The first-order chi connectivity index (χ1) is 28.9. The van der Waals surface area contributed by atoms with Crippen LogP contribution in [0.25, 0.3) is 10.9 Å². The third kappa shape index (κ3) is 8.90. The number of hydrogen-bond acceptors (Lipinski definition) is 9. The number of nitrogens with one attached hydrogen (secondary N) is 1. The highest BCUT2D eigenvalue weighted by molar-refractivity contribution is 7.80. The normalized spacial score (nSPS) is 24.2. The summed E-state index contributed by atoms with van der Waals surface area (Å²) in [6.45, 7) is 11.1. The number of aryl methyl sites for hydroxylation is 1. The molecule has 1 aromatic heterocycles. The number of carbonyl (C=O) groups excluding carboxylic acids is 4. The predicted octanol–water partition coefficient (Wildman–Crippen LogP) is 6.63. The summed E-state index contributed by atoms with van der Waals surface area (Å²) in [5.74, 6) is 0.198. The minimum Gasteiger partial charge on any atom is -0.331 e. The molecule has 3 aliphatic heterocycles. The molecule has 17 heteroatoms. The van der Waals surface area contributed by atoms with Gasteiger partial charge in [-0.1, -0.05) is 18.9 Å². The van der Waals surface area contributed by atoms with Gasteiger partial charge >= 0.3 is 6.18 Å². The number of carbonyl (C=O) groups is 4. The van der Waals surface area contributed by atoms with Crippen molar-refractivity contribution in [1.29, 1.82) is 5.26 Å². The molecule has 3 amide bonds. The summed E-state index contributed by atoms with van der Waals surface area (Å²) in [6, 6.07) is 10.8. The van der Waals surface area contributed by atoms with E-state index in [4.69, 9.17) is 12.2 Å². The summed E-state index contributed by atoms with van der Waals surface area (Å²) >= 11 is 5.78. The van der Waals surface area contributed by atoms with E-state index in [0.717, 1.165) is 82.1 Å². The molecule has 61 heavy (non-hydrogen) atoms. The zero-order valence-electron chi connectivity index (χ0n) is 35.4. The zero-order chi connectivity index (χ0) is 44.0. The van der Waals surface area contributed by atoms with Crippen LogP contribution in [0, 0.1) is 17.2 Å². The molecule has 4 heterocycles. The first-order valence-electron chi connectivity index (χ1n) is 21.2. The Labute approximate surface area is 359 Å². The highest BCUT2D eigenvalue weighted by atomic mass is 32.1. The van der Waals surface area contributed by atoms with E-state index in [1.54, 1.807) is 36.5 Å². The molecule has 1 N–H and O–H groups in total. The van der Waals surface area contributed by atoms with Crippen LogP contribution < -0.4 is 15.1 Å². The van der Waals surface area contributed by atoms with Crippen LogP contribution in [0.4, 0.5) is 30.4 Å². The van der Waals surface area contributed by atoms with Crippen LogP contribution in [0.1, 0.15) is 96.6 Å². The number of halogens is 3. The van der Waals surface area contributed by atoms with Crippen LogP contribution in [0.2, 0.25) is 0 Å². The van der Waals surface area contributed by atoms with Crippen LogP contribution in [0.5, 0.6) is 0 Å². The summed E-state index contributed by atoms with van der Waals surface area (Å²) in [5.41, 5.74) is -1.27. The van der Waals surface area contributed by atoms with Crippen molar-refractivity contribution in [2.45, 2.75) is 115 Å². The topological polar surface area (TPSA) is 138 Å². The maximum absolute atomic E-state index is 13.8. The van der Waals surface area contributed by atoms with Gasteiger partial charge in [-0.2, -0.15) is 23.5 Å². The fourth-order valence-corrected chi connectivity index (χ4v) is 10.6. The van der Waals surface area contributed by atoms with Gasteiger partial charge in [0.1, 0.15) is 11.3 Å². The number of piperazine rings is 1. The van der Waals surface area contributed by atoms with Crippen LogP contribution in [-0.4, -0.2) is 109 Å². The number of benzene rings is 2. The number of amides is 3. The molecule has 2 atom stereocenters. The van der Waals surface area contributed by atoms with Crippen molar-refractivity contribution in [3.8, 4) is 6.07 Å². The number of nitriles is 1. The van der Waals surface area contributed by atoms with E-state index in [-0.39, 0.29) is 71.9 Å². The van der Waals surface area contributed by atoms with E-state index in [9.17, 15) is 37.6 Å². The van der Waals surface area contributed by atoms with Gasteiger partial charge in [-0.25, -0.2) is 0 Å². The van der Waals surface area contributed by atoms with E-state index in [0.29, 0.717) is 29.4 Å². The van der Waals surface area contributed by atoms with Crippen LogP contribution in [0.15, 0.2) is 36.4 Å². The Kier molecular flexibility index (Phi) is 12.6. The van der Waals surface area contributed by atoms with Crippen LogP contribution in [-0.2, 0) is 32.4 Å². The number of alkyl halides is 3. The van der Waals surface area contributed by atoms with Crippen LogP contribution >= 0.6 is 12.2 Å². The third-order valence-corrected chi connectivity index (χ3v) is 13.5. The number of piperidine rings is 1. The largest absolute Gasteiger partial charge is 0.417 e. The SMILES string of the molecule is C[C@@H]1CN(CCCCC2CCC(N3C(=S)N(c4ccc(C#N)c(C(F)(F)F)c4)C(=O)C3(C)C)CC2)C[C@H](C)N1CC(=O)Nc1cccc2c(N3CCC(=O)CC3=O)nn(C)c12. The number of fused-ring (bicyclic) bond motifs is 1. The Morgan fingerprint density at radius 3 is 2.39 bits per heavy atom. The highest BCUT2D eigenvalue weighted by Gasteiger charge is 2.52. The monoisotopic (exact) mass is 861 g/mol. The molecule has 4 fully saturated rings. The first-order valence-corrected chi connectivity index (χ1v) is 21.6. The number of ketones is 1. The fraction of sp³-hybridized carbons (Fsp3) is 0.568. The average Bonchev–Trinajstić information content (AvgIpc) is 3.62. The number of unbranched alkanes of at least 4 members (excludes halogenated alkanes) is 1. The van der Waals surface area contributed by atoms with Gasteiger partial charge in [0.2, 0.25) is 11.8 Å². The van der Waals surface area contributed by atoms with E-state index < -0.39 is 22.8 Å². The molecular formula is C44H54F3N9O4S. The quantitative estimate of drug-likeness (QED) is 0.127. The minimum absolute atomic E-state index is 0.00310. The Balaban J connectivity index is 0.861. The van der Waals surface area contributed by atoms with Crippen molar-refractivity contribution >= 4 is 68.9 Å². The lowest BCUT2D eigenvalue weighted by atomic mass is 9.81. The van der Waals surface area contributed by atoms with Crippen molar-refractivity contribution in [2.75, 3.05) is 47.8 Å². The summed E-state index contributed by atoms with van der Waals surface area (Å²) in [7, 11) is 1.78. The lowest BCUT2D eigenvalue weighted by Crippen LogP contribution is -2.58. The third-order valence-electron chi connectivity index (χ3n) is 13.1. The second-order valence-corrected chi connectivity index (χ2v) is 18.1. The maximum Gasteiger partial charge on any atom is 0.417 e. The van der Waals surface area contributed by atoms with Gasteiger partial charge in [0.15, 0.2) is 10.9 Å². The van der Waals surface area contributed by atoms with E-state index in [2.05, 4.69) is 34.1 Å². The lowest BCUT2D eigenvalue weighted by Gasteiger charge is -2.44. The molecule has 1 aliphatic carbocycles. The maximum atomic E-state index is 13.8. The number of nitrogens with zero attached hydrogens (tertiary/aromatic N) is 8. The molecule has 326 valence electrons. The molecule has 7 rings (SSSR count). The van der Waals surface area contributed by atoms with Crippen molar-refractivity contribution in [1.82, 2.24) is 24.5 Å². The Morgan fingerprint density at radius 2 is 1.74 bits per heavy atom. The number of anilines is 3. The fourth-order valence-electron chi connectivity index (χ4n) is 9.99. The molecule has 0 bridgehead atoms. The summed E-state index contributed by atoms with van der Waals surface area (Å²) < 4.78 is 43.0. The van der Waals surface area contributed by atoms with Gasteiger partial charge in [0.25, 0.3) is 5.91 Å². The summed E-state index contributed by atoms with van der Waals surface area (Å²) in [5, 5.41) is 17.9. The summed E-state index contributed by atoms with van der Waals surface area (Å²) in [4.78, 5) is 61.0. The predicted molar refractivity (Wildman–Crippen MR) is 230 cm³/mol. The lowest BCUT2D eigenvalue weighted by molar-refractivity contribution is -0.138. The minimum atomic E-state index is -4.75. The Morgan fingerprint density at radius 1 is 1.03 bits per heavy atom. The highest BCUT2D eigenvalue weighted by Crippen LogP contribution is 2.42. The summed E-state index contributed by atoms with van der Waals surface area (Å²) in [6.07, 6.45) is 2.30. The van der Waals surface area contributed by atoms with Crippen molar-refractivity contribution in [3.63, 3.8) is 0 Å². The molecule has 0 radical (unpaired) electrons. The number of rotatable bonds is 11. The van der Waals surface area contributed by atoms with Gasteiger partial charge in [-0.05, 0) is 115 Å². The van der Waals surface area contributed by atoms with Gasteiger partial charge in [-0.3, -0.25) is 38.6 Å². The van der Waals surface area contributed by atoms with Gasteiger partial charge in [0, 0.05) is 56.6 Å². The first kappa shape index (κ1) is 44.1. The molecule has 2 aromatic carbocycles. The average molecular weight is 862 g/mol. The van der Waals surface area contributed by atoms with Gasteiger partial charge in [0.05, 0.1) is 47.1 Å². The second-order valence-electron chi connectivity index (χ2n) is 17.7. The van der Waals surface area contributed by atoms with E-state index >= 15 is 0 Å². The van der Waals surface area contributed by atoms with Crippen molar-refractivity contribution in [2.24, 2.45) is 13.0 Å². The molecule has 3 saturated heterocycles. The van der Waals surface area contributed by atoms with Crippen molar-refractivity contribution < 1.29 is 32.3 Å². The molecule has 3 aromatic rings. The molecule has 0 spiro atoms. The standard InChI is InChI=1S/C44H54F3N9O4S/c1-27-24-52(25-28(2)54(27)26-37(58)49-36-11-8-10-34-39(36)51(5)50-40(34)53-20-18-33(57)22-38(53)59)19-7-6-9-29-12-15-31(16-13-29)56-42(61)55(41(60)43(56,3)4)32-17-14-30(23-48)35(21-32)44(45,46)47/h8,10-11,14,17,21,27-29,31H,6-7,9,12-13,15-16,18-20,22,24-26H2,1-5H3,(H,49,58)/t27-,28+,29?,31?. The number of thiocarbonyl (C=S) groups is 1.